The van der Waals surface area contributed by atoms with Crippen LogP contribution in [0, 0.1) is 9.49 Å². The first-order valence-electron chi connectivity index (χ1n) is 6.53. The molecule has 0 aliphatic heterocycles. The van der Waals surface area contributed by atoms with Crippen LogP contribution in [0.5, 0.6) is 0 Å². The van der Waals surface area contributed by atoms with E-state index in [9.17, 15) is 10.9 Å². The van der Waals surface area contributed by atoms with Crippen molar-refractivity contribution in [2.24, 2.45) is 5.92 Å². The highest BCUT2D eigenvalue weighted by molar-refractivity contribution is 14.2. The topological polar surface area (TPSA) is 54.5 Å². The third kappa shape index (κ3) is 3.32. The molecule has 1 aromatic carbocycles. The molecule has 5 heteroatoms. The zero-order chi connectivity index (χ0) is 13.8. The lowest BCUT2D eigenvalue weighted by atomic mass is 9.88. The highest BCUT2D eigenvalue weighted by Gasteiger charge is 2.26. The number of nitrogens with zero attached hydrogens (tertiary/aromatic N) is 1. The summed E-state index contributed by atoms with van der Waals surface area (Å²) in [5.41, 5.74) is 0.522. The van der Waals surface area contributed by atoms with Crippen molar-refractivity contribution in [3.05, 3.63) is 27.8 Å². The molecule has 1 aliphatic carbocycles. The number of carbonyl (C=O) groups is 1. The number of benzene rings is 1. The van der Waals surface area contributed by atoms with Crippen LogP contribution in [0.1, 0.15) is 32.1 Å². The van der Waals surface area contributed by atoms with Gasteiger partial charge < -0.3 is 4.90 Å². The van der Waals surface area contributed by atoms with E-state index in [-0.39, 0.29) is 11.8 Å². The molecule has 4 nitrogen and oxygen atoms in total. The Hall–Kier alpha value is -0.980. The standard InChI is InChI=1S/C14H18INO3/c1-16(14(17)11-7-3-2-4-8-11)13-10-6-5-9-12(13)15(18)19/h5-6,9-11H,2-4,7-8H2,1H3. The van der Waals surface area contributed by atoms with Crippen LogP contribution in [0.25, 0.3) is 0 Å². The summed E-state index contributed by atoms with van der Waals surface area (Å²) in [5.74, 6) is 0.0947. The third-order valence-electron chi connectivity index (χ3n) is 3.67. The Bertz CT molecular complexity index is 525. The minimum atomic E-state index is -3.57. The number of anilines is 1. The van der Waals surface area contributed by atoms with Gasteiger partial charge in [-0.2, -0.15) is 0 Å². The summed E-state index contributed by atoms with van der Waals surface area (Å²) >= 11 is -3.57. The molecule has 2 rings (SSSR count). The second-order valence-electron chi connectivity index (χ2n) is 4.90. The Morgan fingerprint density at radius 3 is 2.42 bits per heavy atom. The van der Waals surface area contributed by atoms with Gasteiger partial charge in [0.25, 0.3) is 0 Å². The van der Waals surface area contributed by atoms with Gasteiger partial charge in [-0.3, -0.25) is 4.79 Å². The lowest BCUT2D eigenvalue weighted by Gasteiger charge is -2.26. The van der Waals surface area contributed by atoms with Crippen molar-refractivity contribution in [2.45, 2.75) is 32.1 Å². The van der Waals surface area contributed by atoms with Crippen LogP contribution in [0.4, 0.5) is 5.69 Å². The molecule has 1 aliphatic rings. The van der Waals surface area contributed by atoms with E-state index in [1.807, 2.05) is 0 Å². The molecule has 0 aromatic heterocycles. The Kier molecular flexibility index (Phi) is 4.90. The lowest BCUT2D eigenvalue weighted by molar-refractivity contribution is -0.123. The molecule has 0 heterocycles. The minimum Gasteiger partial charge on any atom is -0.314 e. The number of hydrogen-bond donors (Lipinski definition) is 0. The number of para-hydroxylation sites is 1. The van der Waals surface area contributed by atoms with Gasteiger partial charge in [0, 0.05) is 13.0 Å². The Morgan fingerprint density at radius 2 is 1.79 bits per heavy atom. The molecule has 0 radical (unpaired) electrons. The fourth-order valence-corrected chi connectivity index (χ4v) is 4.09. The summed E-state index contributed by atoms with van der Waals surface area (Å²) in [4.78, 5) is 13.9. The number of amides is 1. The summed E-state index contributed by atoms with van der Waals surface area (Å²) in [5, 5.41) is 0. The van der Waals surface area contributed by atoms with Gasteiger partial charge in [0.05, 0.1) is 5.69 Å². The lowest BCUT2D eigenvalue weighted by Crippen LogP contribution is -2.34. The molecule has 0 atom stereocenters. The van der Waals surface area contributed by atoms with E-state index < -0.39 is 19.8 Å². The van der Waals surface area contributed by atoms with Crippen molar-refractivity contribution >= 4 is 31.4 Å². The largest absolute Gasteiger partial charge is 0.342 e. The Morgan fingerprint density at radius 1 is 1.16 bits per heavy atom. The normalized spacial score (nSPS) is 16.5. The number of halogens is 1. The molecule has 1 amide bonds. The van der Waals surface area contributed by atoms with Crippen molar-refractivity contribution in [1.29, 1.82) is 0 Å². The van der Waals surface area contributed by atoms with E-state index in [1.165, 1.54) is 11.3 Å². The van der Waals surface area contributed by atoms with E-state index in [4.69, 9.17) is 0 Å². The fraction of sp³-hybridized carbons (Fsp3) is 0.500. The average Bonchev–Trinajstić information content (AvgIpc) is 2.46. The summed E-state index contributed by atoms with van der Waals surface area (Å²) in [6, 6.07) is 6.74. The van der Waals surface area contributed by atoms with Gasteiger partial charge >= 0.3 is 19.8 Å². The van der Waals surface area contributed by atoms with Crippen LogP contribution in [-0.4, -0.2) is 13.0 Å². The zero-order valence-corrected chi connectivity index (χ0v) is 13.1. The van der Waals surface area contributed by atoms with Gasteiger partial charge in [-0.15, -0.1) is 0 Å². The number of carbonyl (C=O) groups excluding carboxylic acids is 1. The van der Waals surface area contributed by atoms with E-state index in [1.54, 1.807) is 31.3 Å². The maximum Gasteiger partial charge on any atom is 0.342 e. The van der Waals surface area contributed by atoms with Gasteiger partial charge in [0.15, 0.2) is 0 Å². The van der Waals surface area contributed by atoms with E-state index in [0.717, 1.165) is 25.7 Å². The minimum absolute atomic E-state index is 0.0462. The van der Waals surface area contributed by atoms with Gasteiger partial charge in [0.1, 0.15) is 3.57 Å². The first-order valence-corrected chi connectivity index (χ1v) is 9.37. The summed E-state index contributed by atoms with van der Waals surface area (Å²) in [6.45, 7) is 0. The molecule has 0 unspecified atom stereocenters. The summed E-state index contributed by atoms with van der Waals surface area (Å²) < 4.78 is 22.9. The molecule has 1 saturated carbocycles. The van der Waals surface area contributed by atoms with Crippen LogP contribution in [0.3, 0.4) is 0 Å². The highest BCUT2D eigenvalue weighted by Crippen LogP contribution is 2.31. The highest BCUT2D eigenvalue weighted by atomic mass is 127. The molecule has 0 N–H and O–H groups in total. The van der Waals surface area contributed by atoms with Crippen molar-refractivity contribution in [1.82, 2.24) is 0 Å². The maximum atomic E-state index is 12.4. The van der Waals surface area contributed by atoms with Gasteiger partial charge in [-0.25, -0.2) is 6.14 Å². The molecule has 0 spiro atoms. The molecular weight excluding hydrogens is 357 g/mol. The van der Waals surface area contributed by atoms with Gasteiger partial charge in [-0.1, -0.05) is 31.4 Å². The fourth-order valence-electron chi connectivity index (χ4n) is 2.60. The molecule has 19 heavy (non-hydrogen) atoms. The second-order valence-corrected chi connectivity index (χ2v) is 7.30. The quantitative estimate of drug-likeness (QED) is 0.759. The van der Waals surface area contributed by atoms with E-state index in [2.05, 4.69) is 0 Å². The monoisotopic (exact) mass is 375 g/mol. The molecular formula is C14H18INO3. The molecule has 0 bridgehead atoms. The number of rotatable bonds is 3. The van der Waals surface area contributed by atoms with Gasteiger partial charge in [-0.05, 0) is 25.0 Å². The van der Waals surface area contributed by atoms with E-state index in [0.29, 0.717) is 9.26 Å². The predicted octanol–water partition coefficient (Wildman–Crippen LogP) is 3.60. The van der Waals surface area contributed by atoms with Crippen LogP contribution < -0.4 is 4.90 Å². The van der Waals surface area contributed by atoms with Crippen molar-refractivity contribution in [3.8, 4) is 0 Å². The van der Waals surface area contributed by atoms with Gasteiger partial charge in [0.2, 0.25) is 5.91 Å². The Balaban J connectivity index is 2.23. The predicted molar refractivity (Wildman–Crippen MR) is 80.5 cm³/mol. The van der Waals surface area contributed by atoms with Crippen molar-refractivity contribution in [2.75, 3.05) is 11.9 Å². The smallest absolute Gasteiger partial charge is 0.314 e. The van der Waals surface area contributed by atoms with Crippen molar-refractivity contribution < 1.29 is 10.9 Å². The Labute approximate surface area is 120 Å². The molecule has 104 valence electrons. The van der Waals surface area contributed by atoms with Crippen molar-refractivity contribution in [3.63, 3.8) is 0 Å². The number of hydrogen-bond acceptors (Lipinski definition) is 3. The van der Waals surface area contributed by atoms with Crippen LogP contribution in [0.2, 0.25) is 0 Å². The third-order valence-corrected chi connectivity index (χ3v) is 5.53. The zero-order valence-electron chi connectivity index (χ0n) is 11.0. The van der Waals surface area contributed by atoms with Crippen LogP contribution in [-0.2, 0) is 10.9 Å². The van der Waals surface area contributed by atoms with Crippen LogP contribution in [0.15, 0.2) is 24.3 Å². The molecule has 1 aromatic rings. The molecule has 0 saturated heterocycles. The second kappa shape index (κ2) is 6.45. The van der Waals surface area contributed by atoms with E-state index >= 15 is 0 Å². The summed E-state index contributed by atoms with van der Waals surface area (Å²) in [7, 11) is 1.68. The first kappa shape index (κ1) is 14.4. The first-order chi connectivity index (χ1) is 9.11. The van der Waals surface area contributed by atoms with Crippen LogP contribution >= 0.6 is 19.8 Å². The average molecular weight is 375 g/mol. The summed E-state index contributed by atoms with van der Waals surface area (Å²) in [6.07, 6.45) is 5.22. The maximum absolute atomic E-state index is 12.4. The molecule has 1 fully saturated rings. The SMILES string of the molecule is CN(C(=O)C1CCCCC1)c1ccccc1I(=O)=O.